The van der Waals surface area contributed by atoms with Crippen molar-refractivity contribution in [3.63, 3.8) is 0 Å². The Kier molecular flexibility index (Phi) is 5.93. The third-order valence-corrected chi connectivity index (χ3v) is 8.71. The summed E-state index contributed by atoms with van der Waals surface area (Å²) < 4.78 is 10.9. The van der Waals surface area contributed by atoms with Gasteiger partial charge in [0, 0.05) is 23.6 Å². The first kappa shape index (κ1) is 25.7. The maximum Gasteiger partial charge on any atom is 0.238 e. The second kappa shape index (κ2) is 9.69. The molecule has 7 rings (SSSR count). The minimum Gasteiger partial charge on any atom is -0.493 e. The number of anilines is 1. The summed E-state index contributed by atoms with van der Waals surface area (Å²) in [5, 5.41) is 3.05. The molecule has 0 aliphatic carbocycles. The first-order chi connectivity index (χ1) is 20.5. The van der Waals surface area contributed by atoms with E-state index < -0.39 is 23.4 Å². The molecule has 1 aromatic heterocycles. The molecule has 1 saturated heterocycles. The number of rotatable bonds is 6. The summed E-state index contributed by atoms with van der Waals surface area (Å²) in [5.74, 6) is -1.23. The summed E-state index contributed by atoms with van der Waals surface area (Å²) in [7, 11) is 3.03. The van der Waals surface area contributed by atoms with Crippen LogP contribution in [0.2, 0.25) is 0 Å². The fourth-order valence-corrected chi connectivity index (χ4v) is 7.00. The van der Waals surface area contributed by atoms with Gasteiger partial charge in [-0.05, 0) is 59.2 Å². The van der Waals surface area contributed by atoms with E-state index in [0.717, 1.165) is 11.1 Å². The lowest BCUT2D eigenvalue weighted by atomic mass is 9.63. The van der Waals surface area contributed by atoms with E-state index in [-0.39, 0.29) is 23.2 Å². The maximum atomic E-state index is 14.7. The van der Waals surface area contributed by atoms with E-state index in [1.165, 1.54) is 14.2 Å². The molecule has 208 valence electrons. The molecule has 1 spiro atoms. The zero-order valence-electron chi connectivity index (χ0n) is 23.0. The minimum absolute atomic E-state index is 0.196. The zero-order chi connectivity index (χ0) is 29.0. The molecule has 3 aliphatic rings. The number of hydrogen-bond donors (Lipinski definition) is 1. The number of nitrogens with zero attached hydrogens (tertiary/aromatic N) is 2. The molecule has 4 atom stereocenters. The van der Waals surface area contributed by atoms with E-state index >= 15 is 0 Å². The monoisotopic (exact) mass is 557 g/mol. The van der Waals surface area contributed by atoms with Crippen LogP contribution in [0.3, 0.4) is 0 Å². The summed E-state index contributed by atoms with van der Waals surface area (Å²) in [6.45, 7) is 0. The second-order valence-electron chi connectivity index (χ2n) is 10.6. The van der Waals surface area contributed by atoms with Crippen LogP contribution in [0.25, 0.3) is 6.08 Å². The van der Waals surface area contributed by atoms with Gasteiger partial charge in [0.25, 0.3) is 0 Å². The number of benzene rings is 3. The summed E-state index contributed by atoms with van der Waals surface area (Å²) in [6.07, 6.45) is 5.32. The van der Waals surface area contributed by atoms with Crippen LogP contribution in [0.1, 0.15) is 43.6 Å². The fourth-order valence-electron chi connectivity index (χ4n) is 7.00. The molecule has 0 radical (unpaired) electrons. The lowest BCUT2D eigenvalue weighted by Crippen LogP contribution is -2.49. The van der Waals surface area contributed by atoms with E-state index in [4.69, 9.17) is 9.47 Å². The molecule has 3 aromatic carbocycles. The van der Waals surface area contributed by atoms with Gasteiger partial charge in [-0.15, -0.1) is 0 Å². The Bertz CT molecular complexity index is 1790. The first-order valence-electron chi connectivity index (χ1n) is 13.7. The third kappa shape index (κ3) is 3.48. The standard InChI is InChI=1S/C34H27N3O5/c1-41-26-15-14-21(19-27(26)42-2)30(38)29-28(31(39)25-13-7-8-17-35-25)34(23-11-5-6-12-24(23)36-33(34)40)32-22-10-4-3-9-20(22)16-18-37(29)32/h3-19,28-29,32H,1-2H3,(H,36,40)/t28-,29-,32+,34+/m0/s1. The quantitative estimate of drug-likeness (QED) is 0.330. The van der Waals surface area contributed by atoms with Gasteiger partial charge in [0.1, 0.15) is 17.2 Å². The molecule has 0 saturated carbocycles. The number of fused-ring (bicyclic) bond motifs is 6. The number of methoxy groups -OCH3 is 2. The number of carbonyl (C=O) groups excluding carboxylic acids is 3. The van der Waals surface area contributed by atoms with E-state index in [1.807, 2.05) is 65.7 Å². The zero-order valence-corrected chi connectivity index (χ0v) is 23.0. The summed E-state index contributed by atoms with van der Waals surface area (Å²) in [5.41, 5.74) is 2.24. The number of Topliss-reactive ketones (excluding diaryl/α,β-unsaturated/α-hetero) is 2. The van der Waals surface area contributed by atoms with Gasteiger partial charge in [0.15, 0.2) is 23.1 Å². The van der Waals surface area contributed by atoms with Crippen LogP contribution in [0.15, 0.2) is 97.3 Å². The number of ketones is 2. The van der Waals surface area contributed by atoms with E-state index in [1.54, 1.807) is 42.6 Å². The van der Waals surface area contributed by atoms with Gasteiger partial charge in [0.05, 0.1) is 26.2 Å². The van der Waals surface area contributed by atoms with Crippen molar-refractivity contribution in [1.82, 2.24) is 9.88 Å². The van der Waals surface area contributed by atoms with Crippen LogP contribution in [0.4, 0.5) is 5.69 Å². The topological polar surface area (TPSA) is 97.8 Å². The molecule has 3 aliphatic heterocycles. The minimum atomic E-state index is -1.41. The highest BCUT2D eigenvalue weighted by atomic mass is 16.5. The summed E-state index contributed by atoms with van der Waals surface area (Å²) >= 11 is 0. The maximum absolute atomic E-state index is 14.7. The molecule has 4 aromatic rings. The lowest BCUT2D eigenvalue weighted by molar-refractivity contribution is -0.122. The lowest BCUT2D eigenvalue weighted by Gasteiger charge is -2.38. The fraction of sp³-hybridized carbons (Fsp3) is 0.176. The molecule has 4 heterocycles. The highest BCUT2D eigenvalue weighted by molar-refractivity contribution is 6.16. The number of aromatic nitrogens is 1. The summed E-state index contributed by atoms with van der Waals surface area (Å²) in [6, 6.07) is 23.6. The molecule has 1 fully saturated rings. The number of pyridine rings is 1. The molecule has 0 bridgehead atoms. The Balaban J connectivity index is 1.52. The number of carbonyl (C=O) groups is 3. The smallest absolute Gasteiger partial charge is 0.238 e. The van der Waals surface area contributed by atoms with Crippen LogP contribution in [0.5, 0.6) is 11.5 Å². The molecule has 0 unspecified atom stereocenters. The molecular weight excluding hydrogens is 530 g/mol. The van der Waals surface area contributed by atoms with Crippen molar-refractivity contribution in [2.75, 3.05) is 19.5 Å². The van der Waals surface area contributed by atoms with Gasteiger partial charge in [-0.1, -0.05) is 48.5 Å². The van der Waals surface area contributed by atoms with Gasteiger partial charge >= 0.3 is 0 Å². The Morgan fingerprint density at radius 3 is 2.43 bits per heavy atom. The number of para-hydroxylation sites is 1. The number of amides is 1. The Morgan fingerprint density at radius 2 is 1.64 bits per heavy atom. The molecular formula is C34H27N3O5. The van der Waals surface area contributed by atoms with Gasteiger partial charge in [-0.2, -0.15) is 0 Å². The largest absolute Gasteiger partial charge is 0.493 e. The van der Waals surface area contributed by atoms with E-state index in [2.05, 4.69) is 10.3 Å². The Labute approximate surface area is 242 Å². The van der Waals surface area contributed by atoms with Crippen LogP contribution < -0.4 is 14.8 Å². The average molecular weight is 558 g/mol. The molecule has 42 heavy (non-hydrogen) atoms. The van der Waals surface area contributed by atoms with Crippen molar-refractivity contribution in [2.45, 2.75) is 17.5 Å². The highest BCUT2D eigenvalue weighted by Crippen LogP contribution is 2.62. The summed E-state index contributed by atoms with van der Waals surface area (Å²) in [4.78, 5) is 50.1. The van der Waals surface area contributed by atoms with Crippen molar-refractivity contribution >= 4 is 29.2 Å². The van der Waals surface area contributed by atoms with Crippen molar-refractivity contribution in [3.8, 4) is 11.5 Å². The van der Waals surface area contributed by atoms with Crippen molar-refractivity contribution in [1.29, 1.82) is 0 Å². The molecule has 1 amide bonds. The molecule has 8 nitrogen and oxygen atoms in total. The molecule has 1 N–H and O–H groups in total. The van der Waals surface area contributed by atoms with Gasteiger partial charge in [-0.25, -0.2) is 0 Å². The number of nitrogens with one attached hydrogen (secondary N) is 1. The van der Waals surface area contributed by atoms with Crippen LogP contribution in [-0.2, 0) is 10.2 Å². The van der Waals surface area contributed by atoms with Crippen LogP contribution >= 0.6 is 0 Å². The van der Waals surface area contributed by atoms with Gasteiger partial charge in [-0.3, -0.25) is 19.4 Å². The predicted octanol–water partition coefficient (Wildman–Crippen LogP) is 5.08. The molecule has 8 heteroatoms. The SMILES string of the molecule is COc1ccc(C(=O)[C@@H]2[C@@H](C(=O)c3ccccn3)[C@@]3(C(=O)Nc4ccccc43)[C@H]3c4ccccc4C=CN23)cc1OC. The number of hydrogen-bond acceptors (Lipinski definition) is 7. The van der Waals surface area contributed by atoms with Crippen molar-refractivity contribution in [2.24, 2.45) is 5.92 Å². The van der Waals surface area contributed by atoms with Crippen molar-refractivity contribution < 1.29 is 23.9 Å². The van der Waals surface area contributed by atoms with Crippen LogP contribution in [-0.4, -0.2) is 47.6 Å². The predicted molar refractivity (Wildman–Crippen MR) is 157 cm³/mol. The van der Waals surface area contributed by atoms with Gasteiger partial charge < -0.3 is 19.7 Å². The first-order valence-corrected chi connectivity index (χ1v) is 13.7. The Hall–Kier alpha value is -5.24. The van der Waals surface area contributed by atoms with Gasteiger partial charge in [0.2, 0.25) is 5.91 Å². The Morgan fingerprint density at radius 1 is 0.881 bits per heavy atom. The normalized spacial score (nSPS) is 23.1. The average Bonchev–Trinajstić information content (AvgIpc) is 3.52. The van der Waals surface area contributed by atoms with Crippen molar-refractivity contribution in [3.05, 3.63) is 125 Å². The number of ether oxygens (including phenoxy) is 2. The highest BCUT2D eigenvalue weighted by Gasteiger charge is 2.70. The van der Waals surface area contributed by atoms with Crippen LogP contribution in [0, 0.1) is 5.92 Å². The van der Waals surface area contributed by atoms with E-state index in [9.17, 15) is 14.4 Å². The van der Waals surface area contributed by atoms with E-state index in [0.29, 0.717) is 28.3 Å². The third-order valence-electron chi connectivity index (χ3n) is 8.71. The second-order valence-corrected chi connectivity index (χ2v) is 10.6.